The summed E-state index contributed by atoms with van der Waals surface area (Å²) in [6.07, 6.45) is 0. The lowest BCUT2D eigenvalue weighted by molar-refractivity contribution is 0.302. The SMILES string of the molecule is COc1cc2nc3cc(C)ccc3cc2c(N(CO)c2ccccc2)c1OC. The normalized spacial score (nSPS) is 11.0. The van der Waals surface area contributed by atoms with Crippen LogP contribution < -0.4 is 14.4 Å². The molecule has 0 amide bonds. The predicted molar refractivity (Wildman–Crippen MR) is 113 cm³/mol. The quantitative estimate of drug-likeness (QED) is 0.402. The van der Waals surface area contributed by atoms with Crippen molar-refractivity contribution in [1.82, 2.24) is 4.98 Å². The van der Waals surface area contributed by atoms with Crippen molar-refractivity contribution in [2.45, 2.75) is 6.92 Å². The van der Waals surface area contributed by atoms with E-state index >= 15 is 0 Å². The first kappa shape index (κ1) is 18.1. The second-order valence-electron chi connectivity index (χ2n) is 6.62. The number of aromatic nitrogens is 1. The Kier molecular flexibility index (Phi) is 4.75. The number of rotatable bonds is 5. The van der Waals surface area contributed by atoms with Gasteiger partial charge in [-0.25, -0.2) is 4.98 Å². The molecule has 0 saturated heterocycles. The van der Waals surface area contributed by atoms with Crippen LogP contribution in [0, 0.1) is 6.92 Å². The molecule has 0 atom stereocenters. The number of ether oxygens (including phenoxy) is 2. The standard InChI is InChI=1S/C23H22N2O3/c1-15-9-10-16-12-18-20(24-19(16)11-15)13-21(27-2)23(28-3)22(18)25(14-26)17-7-5-4-6-8-17/h4-13,26H,14H2,1-3H3. The van der Waals surface area contributed by atoms with Crippen molar-refractivity contribution in [3.8, 4) is 11.5 Å². The van der Waals surface area contributed by atoms with Crippen LogP contribution in [0.3, 0.4) is 0 Å². The highest BCUT2D eigenvalue weighted by atomic mass is 16.5. The summed E-state index contributed by atoms with van der Waals surface area (Å²) in [5, 5.41) is 12.1. The molecule has 142 valence electrons. The molecular formula is C23H22N2O3. The monoisotopic (exact) mass is 374 g/mol. The lowest BCUT2D eigenvalue weighted by Crippen LogP contribution is -2.19. The highest BCUT2D eigenvalue weighted by molar-refractivity contribution is 6.04. The van der Waals surface area contributed by atoms with Crippen molar-refractivity contribution >= 4 is 33.2 Å². The number of methoxy groups -OCH3 is 2. The van der Waals surface area contributed by atoms with E-state index in [4.69, 9.17) is 14.5 Å². The number of fused-ring (bicyclic) bond motifs is 2. The van der Waals surface area contributed by atoms with Gasteiger partial charge in [-0.2, -0.15) is 0 Å². The van der Waals surface area contributed by atoms with Crippen LogP contribution in [0.1, 0.15) is 5.56 Å². The summed E-state index contributed by atoms with van der Waals surface area (Å²) in [4.78, 5) is 6.65. The third-order valence-electron chi connectivity index (χ3n) is 4.87. The zero-order chi connectivity index (χ0) is 19.7. The Morgan fingerprint density at radius 1 is 0.929 bits per heavy atom. The summed E-state index contributed by atoms with van der Waals surface area (Å²) in [7, 11) is 3.20. The molecule has 0 saturated carbocycles. The molecule has 28 heavy (non-hydrogen) atoms. The van der Waals surface area contributed by atoms with Gasteiger partial charge in [-0.15, -0.1) is 0 Å². The smallest absolute Gasteiger partial charge is 0.185 e. The maximum absolute atomic E-state index is 10.2. The van der Waals surface area contributed by atoms with E-state index < -0.39 is 0 Å². The van der Waals surface area contributed by atoms with Gasteiger partial charge in [0.25, 0.3) is 0 Å². The molecule has 0 spiro atoms. The molecule has 5 nitrogen and oxygen atoms in total. The molecule has 0 aliphatic carbocycles. The minimum atomic E-state index is -0.214. The maximum atomic E-state index is 10.2. The van der Waals surface area contributed by atoms with E-state index in [1.165, 1.54) is 0 Å². The summed E-state index contributed by atoms with van der Waals surface area (Å²) in [5.41, 5.74) is 4.42. The van der Waals surface area contributed by atoms with Crippen LogP contribution in [0.25, 0.3) is 21.8 Å². The lowest BCUT2D eigenvalue weighted by atomic mass is 10.1. The topological polar surface area (TPSA) is 54.8 Å². The van der Waals surface area contributed by atoms with E-state index in [-0.39, 0.29) is 6.73 Å². The molecular weight excluding hydrogens is 352 g/mol. The molecule has 1 N–H and O–H groups in total. The van der Waals surface area contributed by atoms with Gasteiger partial charge < -0.3 is 19.5 Å². The second-order valence-corrected chi connectivity index (χ2v) is 6.62. The first-order valence-electron chi connectivity index (χ1n) is 9.06. The van der Waals surface area contributed by atoms with Crippen LogP contribution in [0.5, 0.6) is 11.5 Å². The van der Waals surface area contributed by atoms with Crippen molar-refractivity contribution in [2.75, 3.05) is 25.9 Å². The number of benzene rings is 3. The summed E-state index contributed by atoms with van der Waals surface area (Å²) < 4.78 is 11.3. The molecule has 0 aliphatic heterocycles. The van der Waals surface area contributed by atoms with Crippen LogP contribution in [-0.4, -0.2) is 31.0 Å². The van der Waals surface area contributed by atoms with Crippen molar-refractivity contribution in [3.05, 3.63) is 66.2 Å². The zero-order valence-electron chi connectivity index (χ0n) is 16.1. The van der Waals surface area contributed by atoms with E-state index in [0.717, 1.165) is 38.7 Å². The number of hydrogen-bond acceptors (Lipinski definition) is 5. The van der Waals surface area contributed by atoms with Gasteiger partial charge in [0, 0.05) is 22.5 Å². The van der Waals surface area contributed by atoms with Gasteiger partial charge in [0.2, 0.25) is 0 Å². The van der Waals surface area contributed by atoms with Crippen LogP contribution >= 0.6 is 0 Å². The Hall–Kier alpha value is -3.31. The first-order valence-corrected chi connectivity index (χ1v) is 9.06. The number of para-hydroxylation sites is 1. The van der Waals surface area contributed by atoms with Gasteiger partial charge in [0.1, 0.15) is 6.73 Å². The van der Waals surface area contributed by atoms with Crippen molar-refractivity contribution in [2.24, 2.45) is 0 Å². The average molecular weight is 374 g/mol. The molecule has 0 aliphatic rings. The molecule has 4 rings (SSSR count). The maximum Gasteiger partial charge on any atom is 0.185 e. The Morgan fingerprint density at radius 3 is 2.39 bits per heavy atom. The summed E-state index contributed by atoms with van der Waals surface area (Å²) in [5.74, 6) is 1.13. The van der Waals surface area contributed by atoms with Gasteiger partial charge in [-0.1, -0.05) is 30.3 Å². The van der Waals surface area contributed by atoms with Gasteiger partial charge >= 0.3 is 0 Å². The summed E-state index contributed by atoms with van der Waals surface area (Å²) >= 11 is 0. The molecule has 1 heterocycles. The van der Waals surface area contributed by atoms with Crippen LogP contribution in [0.2, 0.25) is 0 Å². The number of aliphatic hydroxyl groups excluding tert-OH is 1. The van der Waals surface area contributed by atoms with E-state index in [1.807, 2.05) is 43.3 Å². The molecule has 0 radical (unpaired) electrons. The summed E-state index contributed by atoms with van der Waals surface area (Å²) in [6, 6.07) is 19.8. The lowest BCUT2D eigenvalue weighted by Gasteiger charge is -2.27. The van der Waals surface area contributed by atoms with E-state index in [1.54, 1.807) is 19.1 Å². The first-order chi connectivity index (χ1) is 13.7. The van der Waals surface area contributed by atoms with E-state index in [9.17, 15) is 5.11 Å². The Bertz CT molecular complexity index is 1140. The number of hydrogen-bond donors (Lipinski definition) is 1. The van der Waals surface area contributed by atoms with Crippen LogP contribution in [0.15, 0.2) is 60.7 Å². The van der Waals surface area contributed by atoms with Crippen molar-refractivity contribution in [1.29, 1.82) is 0 Å². The molecule has 1 aromatic heterocycles. The van der Waals surface area contributed by atoms with Gasteiger partial charge in [0.05, 0.1) is 30.9 Å². The fourth-order valence-electron chi connectivity index (χ4n) is 3.53. The third-order valence-corrected chi connectivity index (χ3v) is 4.87. The number of anilines is 2. The number of aliphatic hydroxyl groups is 1. The third kappa shape index (κ3) is 3.00. The largest absolute Gasteiger partial charge is 0.493 e. The van der Waals surface area contributed by atoms with Gasteiger partial charge in [-0.3, -0.25) is 0 Å². The van der Waals surface area contributed by atoms with Crippen LogP contribution in [0.4, 0.5) is 11.4 Å². The molecule has 3 aromatic carbocycles. The number of nitrogens with zero attached hydrogens (tertiary/aromatic N) is 2. The molecule has 0 unspecified atom stereocenters. The minimum absolute atomic E-state index is 0.214. The fraction of sp³-hybridized carbons (Fsp3) is 0.174. The number of pyridine rings is 1. The average Bonchev–Trinajstić information content (AvgIpc) is 2.73. The van der Waals surface area contributed by atoms with Gasteiger partial charge in [-0.05, 0) is 36.8 Å². The van der Waals surface area contributed by atoms with Crippen molar-refractivity contribution in [3.63, 3.8) is 0 Å². The minimum Gasteiger partial charge on any atom is -0.493 e. The number of aryl methyl sites for hydroxylation is 1. The fourth-order valence-corrected chi connectivity index (χ4v) is 3.53. The molecule has 0 bridgehead atoms. The second kappa shape index (κ2) is 7.37. The van der Waals surface area contributed by atoms with E-state index in [2.05, 4.69) is 24.3 Å². The molecule has 5 heteroatoms. The Morgan fingerprint density at radius 2 is 1.71 bits per heavy atom. The molecule has 4 aromatic rings. The summed E-state index contributed by atoms with van der Waals surface area (Å²) in [6.45, 7) is 1.84. The van der Waals surface area contributed by atoms with Crippen LogP contribution in [-0.2, 0) is 0 Å². The molecule has 0 fully saturated rings. The van der Waals surface area contributed by atoms with Crippen molar-refractivity contribution < 1.29 is 14.6 Å². The highest BCUT2D eigenvalue weighted by Crippen LogP contribution is 2.46. The Labute approximate surface area is 163 Å². The Balaban J connectivity index is 2.10. The highest BCUT2D eigenvalue weighted by Gasteiger charge is 2.22. The zero-order valence-corrected chi connectivity index (χ0v) is 16.1. The van der Waals surface area contributed by atoms with E-state index in [0.29, 0.717) is 11.5 Å². The van der Waals surface area contributed by atoms with Gasteiger partial charge in [0.15, 0.2) is 11.5 Å². The predicted octanol–water partition coefficient (Wildman–Crippen LogP) is 4.80.